The molecule has 2 fully saturated rings. The molecule has 0 radical (unpaired) electrons. The topological polar surface area (TPSA) is 61.9 Å². The van der Waals surface area contributed by atoms with Gasteiger partial charge >= 0.3 is 5.97 Å². The van der Waals surface area contributed by atoms with Crippen molar-refractivity contribution < 1.29 is 14.4 Å². The normalized spacial score (nSPS) is 26.3. The number of piperazine rings is 2. The van der Waals surface area contributed by atoms with Crippen molar-refractivity contribution >= 4 is 11.9 Å². The Labute approximate surface area is 123 Å². The van der Waals surface area contributed by atoms with Crippen LogP contribution in [0.25, 0.3) is 0 Å². The van der Waals surface area contributed by atoms with Gasteiger partial charge in [0.1, 0.15) is 6.04 Å². The van der Waals surface area contributed by atoms with Crippen molar-refractivity contribution in [2.75, 3.05) is 26.2 Å². The molecule has 0 unspecified atom stereocenters. The number of fused-ring (bicyclic) bond motifs is 1. The minimum atomic E-state index is -0.438. The minimum Gasteiger partial charge on any atom is -0.363 e. The van der Waals surface area contributed by atoms with Crippen LogP contribution in [0.2, 0.25) is 0 Å². The van der Waals surface area contributed by atoms with E-state index in [-0.39, 0.29) is 11.9 Å². The van der Waals surface area contributed by atoms with E-state index in [9.17, 15) is 9.59 Å². The highest BCUT2D eigenvalue weighted by atomic mass is 16.7. The Morgan fingerprint density at radius 3 is 2.86 bits per heavy atom. The Kier molecular flexibility index (Phi) is 3.90. The molecule has 21 heavy (non-hydrogen) atoms. The zero-order valence-electron chi connectivity index (χ0n) is 12.0. The van der Waals surface area contributed by atoms with E-state index in [1.165, 1.54) is 5.06 Å². The van der Waals surface area contributed by atoms with Crippen molar-refractivity contribution in [2.24, 2.45) is 0 Å². The van der Waals surface area contributed by atoms with Crippen LogP contribution in [0.5, 0.6) is 0 Å². The summed E-state index contributed by atoms with van der Waals surface area (Å²) in [6, 6.07) is 8.44. The van der Waals surface area contributed by atoms with Gasteiger partial charge in [-0.2, -0.15) is 0 Å². The van der Waals surface area contributed by atoms with Crippen molar-refractivity contribution in [1.82, 2.24) is 15.3 Å². The maximum Gasteiger partial charge on any atom is 0.357 e. The molecule has 2 aliphatic heterocycles. The quantitative estimate of drug-likeness (QED) is 0.846. The second kappa shape index (κ2) is 5.83. The lowest BCUT2D eigenvalue weighted by atomic mass is 10.1. The maximum absolute atomic E-state index is 12.4. The molecule has 2 aliphatic rings. The van der Waals surface area contributed by atoms with E-state index in [0.29, 0.717) is 18.7 Å². The van der Waals surface area contributed by atoms with Gasteiger partial charge in [-0.1, -0.05) is 18.2 Å². The van der Waals surface area contributed by atoms with Gasteiger partial charge in [0, 0.05) is 19.6 Å². The summed E-state index contributed by atoms with van der Waals surface area (Å²) in [5.41, 5.74) is 0.487. The molecule has 1 amide bonds. The maximum atomic E-state index is 12.4. The summed E-state index contributed by atoms with van der Waals surface area (Å²) in [5, 5.41) is 4.77. The predicted octanol–water partition coefficient (Wildman–Crippen LogP) is 0.263. The van der Waals surface area contributed by atoms with Gasteiger partial charge in [0.25, 0.3) is 0 Å². The molecule has 0 spiro atoms. The van der Waals surface area contributed by atoms with Gasteiger partial charge in [-0.15, -0.1) is 5.06 Å². The standard InChI is InChI=1S/C15H19N3O3/c1-11-14(19)17-8-7-16-9-13(17)10-18(11)21-15(20)12-5-3-2-4-6-12/h2-6,11,13,16H,7-10H2,1H3/t11-,13-/m0/s1. The van der Waals surface area contributed by atoms with Crippen molar-refractivity contribution in [1.29, 1.82) is 0 Å². The molecular formula is C15H19N3O3. The summed E-state index contributed by atoms with van der Waals surface area (Å²) in [7, 11) is 0. The van der Waals surface area contributed by atoms with E-state index in [2.05, 4.69) is 5.32 Å². The Hall–Kier alpha value is -1.92. The Bertz CT molecular complexity index is 534. The van der Waals surface area contributed by atoms with Crippen molar-refractivity contribution in [3.05, 3.63) is 35.9 Å². The molecule has 6 heteroatoms. The first-order valence-corrected chi connectivity index (χ1v) is 7.22. The van der Waals surface area contributed by atoms with Crippen LogP contribution in [0.4, 0.5) is 0 Å². The molecule has 3 rings (SSSR count). The molecule has 6 nitrogen and oxygen atoms in total. The highest BCUT2D eigenvalue weighted by molar-refractivity contribution is 5.89. The zero-order valence-corrected chi connectivity index (χ0v) is 12.0. The molecule has 2 atom stereocenters. The van der Waals surface area contributed by atoms with E-state index < -0.39 is 12.0 Å². The van der Waals surface area contributed by atoms with Crippen molar-refractivity contribution in [3.63, 3.8) is 0 Å². The number of hydrogen-bond donors (Lipinski definition) is 1. The van der Waals surface area contributed by atoms with Crippen LogP contribution in [0.1, 0.15) is 17.3 Å². The average molecular weight is 289 g/mol. The number of amides is 1. The van der Waals surface area contributed by atoms with Crippen LogP contribution in [0.3, 0.4) is 0 Å². The number of benzene rings is 1. The third kappa shape index (κ3) is 2.77. The predicted molar refractivity (Wildman–Crippen MR) is 76.4 cm³/mol. The third-order valence-corrected chi connectivity index (χ3v) is 4.02. The SMILES string of the molecule is C[C@H]1C(=O)N2CCNC[C@H]2CN1OC(=O)c1ccccc1. The minimum absolute atomic E-state index is 0.0219. The van der Waals surface area contributed by atoms with Crippen LogP contribution in [-0.4, -0.2) is 60.1 Å². The average Bonchev–Trinajstić information content (AvgIpc) is 2.53. The Balaban J connectivity index is 1.70. The van der Waals surface area contributed by atoms with Crippen LogP contribution in [0, 0.1) is 0 Å². The smallest absolute Gasteiger partial charge is 0.357 e. The molecule has 2 heterocycles. The largest absolute Gasteiger partial charge is 0.363 e. The molecule has 1 aromatic carbocycles. The molecule has 112 valence electrons. The number of nitrogens with zero attached hydrogens (tertiary/aromatic N) is 2. The zero-order chi connectivity index (χ0) is 14.8. The number of carbonyl (C=O) groups excluding carboxylic acids is 2. The highest BCUT2D eigenvalue weighted by Crippen LogP contribution is 2.19. The Morgan fingerprint density at radius 1 is 1.33 bits per heavy atom. The van der Waals surface area contributed by atoms with Gasteiger partial charge in [-0.05, 0) is 19.1 Å². The lowest BCUT2D eigenvalue weighted by Crippen LogP contribution is -2.66. The number of hydrogen-bond acceptors (Lipinski definition) is 5. The van der Waals surface area contributed by atoms with Gasteiger partial charge in [-0.3, -0.25) is 4.79 Å². The summed E-state index contributed by atoms with van der Waals surface area (Å²) in [6.07, 6.45) is 0. The van der Waals surface area contributed by atoms with Crippen molar-refractivity contribution in [2.45, 2.75) is 19.0 Å². The fourth-order valence-electron chi connectivity index (χ4n) is 2.79. The van der Waals surface area contributed by atoms with E-state index in [4.69, 9.17) is 4.84 Å². The monoisotopic (exact) mass is 289 g/mol. The number of carbonyl (C=O) groups is 2. The second-order valence-corrected chi connectivity index (χ2v) is 5.41. The van der Waals surface area contributed by atoms with E-state index in [1.807, 2.05) is 11.0 Å². The number of hydroxylamine groups is 2. The van der Waals surface area contributed by atoms with E-state index in [0.717, 1.165) is 13.1 Å². The van der Waals surface area contributed by atoms with Gasteiger partial charge in [0.15, 0.2) is 0 Å². The summed E-state index contributed by atoms with van der Waals surface area (Å²) in [6.45, 7) is 4.59. The second-order valence-electron chi connectivity index (χ2n) is 5.41. The lowest BCUT2D eigenvalue weighted by Gasteiger charge is -2.45. The van der Waals surface area contributed by atoms with Gasteiger partial charge in [0.05, 0.1) is 18.2 Å². The first-order valence-electron chi connectivity index (χ1n) is 7.22. The lowest BCUT2D eigenvalue weighted by molar-refractivity contribution is -0.188. The molecule has 1 N–H and O–H groups in total. The van der Waals surface area contributed by atoms with E-state index in [1.54, 1.807) is 31.2 Å². The van der Waals surface area contributed by atoms with E-state index >= 15 is 0 Å². The summed E-state index contributed by atoms with van der Waals surface area (Å²) in [4.78, 5) is 31.8. The van der Waals surface area contributed by atoms with Crippen LogP contribution in [-0.2, 0) is 9.63 Å². The third-order valence-electron chi connectivity index (χ3n) is 4.02. The van der Waals surface area contributed by atoms with Crippen LogP contribution in [0.15, 0.2) is 30.3 Å². The molecule has 0 bridgehead atoms. The van der Waals surface area contributed by atoms with Crippen LogP contribution >= 0.6 is 0 Å². The fourth-order valence-corrected chi connectivity index (χ4v) is 2.79. The first-order chi connectivity index (χ1) is 10.2. The summed E-state index contributed by atoms with van der Waals surface area (Å²) < 4.78 is 0. The fraction of sp³-hybridized carbons (Fsp3) is 0.467. The van der Waals surface area contributed by atoms with Gasteiger partial charge in [-0.25, -0.2) is 4.79 Å². The highest BCUT2D eigenvalue weighted by Gasteiger charge is 2.40. The van der Waals surface area contributed by atoms with Crippen LogP contribution < -0.4 is 5.32 Å². The molecule has 0 saturated carbocycles. The molecular weight excluding hydrogens is 270 g/mol. The van der Waals surface area contributed by atoms with Gasteiger partial charge in [0.2, 0.25) is 5.91 Å². The van der Waals surface area contributed by atoms with Crippen molar-refractivity contribution in [3.8, 4) is 0 Å². The number of nitrogens with one attached hydrogen (secondary N) is 1. The molecule has 1 aromatic rings. The Morgan fingerprint density at radius 2 is 2.10 bits per heavy atom. The molecule has 0 aromatic heterocycles. The first kappa shape index (κ1) is 14.0. The molecule has 0 aliphatic carbocycles. The summed E-state index contributed by atoms with van der Waals surface area (Å²) >= 11 is 0. The number of rotatable bonds is 2. The molecule has 2 saturated heterocycles. The summed E-state index contributed by atoms with van der Waals surface area (Å²) in [5.74, 6) is -0.402. The van der Waals surface area contributed by atoms with Gasteiger partial charge < -0.3 is 15.1 Å².